The van der Waals surface area contributed by atoms with Crippen molar-refractivity contribution in [1.82, 2.24) is 0 Å². The number of halogens is 1. The monoisotopic (exact) mass is 278 g/mol. The molecule has 3 heteroatoms. The van der Waals surface area contributed by atoms with Gasteiger partial charge >= 0.3 is 0 Å². The third-order valence-corrected chi connectivity index (χ3v) is 8.79. The van der Waals surface area contributed by atoms with E-state index in [2.05, 4.69) is 13.8 Å². The Balaban J connectivity index is 2.37. The minimum Gasteiger partial charge on any atom is -0.306 e. The van der Waals surface area contributed by atoms with Crippen molar-refractivity contribution < 1.29 is 4.57 Å². The van der Waals surface area contributed by atoms with E-state index in [0.29, 0.717) is 11.3 Å². The minimum atomic E-state index is -2.37. The van der Waals surface area contributed by atoms with Gasteiger partial charge < -0.3 is 4.57 Å². The molecular weight excluding hydrogens is 251 g/mol. The predicted octanol–water partition coefficient (Wildman–Crippen LogP) is 6.19. The summed E-state index contributed by atoms with van der Waals surface area (Å²) in [5, 5.41) is 0. The van der Waals surface area contributed by atoms with Crippen LogP contribution in [-0.4, -0.2) is 11.3 Å². The van der Waals surface area contributed by atoms with Gasteiger partial charge in [0.15, 0.2) is 6.49 Å². The van der Waals surface area contributed by atoms with E-state index in [4.69, 9.17) is 11.2 Å². The summed E-state index contributed by atoms with van der Waals surface area (Å²) in [6.45, 7) is 2.05. The molecule has 0 bridgehead atoms. The van der Waals surface area contributed by atoms with Crippen LogP contribution in [0.25, 0.3) is 0 Å². The van der Waals surface area contributed by atoms with E-state index in [-0.39, 0.29) is 0 Å². The highest BCUT2D eigenvalue weighted by molar-refractivity contribution is 7.90. The van der Waals surface area contributed by atoms with Crippen molar-refractivity contribution >= 4 is 17.7 Å². The zero-order valence-corrected chi connectivity index (χ0v) is 13.1. The summed E-state index contributed by atoms with van der Waals surface area (Å²) in [7, 11) is 0. The van der Waals surface area contributed by atoms with Crippen LogP contribution in [0.2, 0.25) is 0 Å². The topological polar surface area (TPSA) is 17.1 Å². The first-order chi connectivity index (χ1) is 8.12. The molecule has 1 rings (SSSR count). The van der Waals surface area contributed by atoms with Gasteiger partial charge in [0, 0.05) is 11.3 Å². The maximum atomic E-state index is 12.6. The molecule has 2 unspecified atom stereocenters. The molecule has 0 amide bonds. The normalized spacial score (nSPS) is 33.1. The molecule has 0 spiro atoms. The highest BCUT2D eigenvalue weighted by atomic mass is 35.7. The molecule has 1 nitrogen and oxygen atoms in total. The first kappa shape index (κ1) is 15.6. The van der Waals surface area contributed by atoms with Gasteiger partial charge in [-0.05, 0) is 25.7 Å². The third-order valence-electron chi connectivity index (χ3n) is 4.11. The minimum absolute atomic E-state index is 0.336. The van der Waals surface area contributed by atoms with Crippen LogP contribution < -0.4 is 0 Å². The van der Waals surface area contributed by atoms with Crippen molar-refractivity contribution in [1.29, 1.82) is 0 Å². The quantitative estimate of drug-likeness (QED) is 0.382. The Morgan fingerprint density at radius 1 is 0.941 bits per heavy atom. The van der Waals surface area contributed by atoms with Crippen LogP contribution in [0.5, 0.6) is 0 Å². The second-order valence-electron chi connectivity index (χ2n) is 5.50. The highest BCUT2D eigenvalue weighted by Gasteiger charge is 2.43. The van der Waals surface area contributed by atoms with Gasteiger partial charge in [-0.15, -0.1) is 0 Å². The molecule has 1 fully saturated rings. The van der Waals surface area contributed by atoms with Crippen molar-refractivity contribution in [2.75, 3.05) is 0 Å². The largest absolute Gasteiger partial charge is 0.306 e. The van der Waals surface area contributed by atoms with Crippen molar-refractivity contribution in [3.63, 3.8) is 0 Å². The molecule has 1 saturated heterocycles. The van der Waals surface area contributed by atoms with Crippen molar-refractivity contribution in [2.45, 2.75) is 89.4 Å². The molecule has 102 valence electrons. The van der Waals surface area contributed by atoms with Gasteiger partial charge in [0.2, 0.25) is 0 Å². The average molecular weight is 279 g/mol. The standard InChI is InChI=1S/C14H28ClOP/c1-3-5-7-9-13-11-12-14(17(13,15)16)10-8-6-4-2/h13-14H,3-12H2,1-2H3. The lowest BCUT2D eigenvalue weighted by molar-refractivity contribution is 0.560. The molecule has 1 aliphatic heterocycles. The molecule has 0 radical (unpaired) electrons. The smallest absolute Gasteiger partial charge is 0.175 e. The molecule has 0 aromatic carbocycles. The van der Waals surface area contributed by atoms with Crippen molar-refractivity contribution in [2.24, 2.45) is 0 Å². The Morgan fingerprint density at radius 3 is 1.71 bits per heavy atom. The Bertz CT molecular complexity index is 233. The van der Waals surface area contributed by atoms with E-state index in [9.17, 15) is 4.57 Å². The second kappa shape index (κ2) is 7.85. The average Bonchev–Trinajstić information content (AvgIpc) is 2.56. The van der Waals surface area contributed by atoms with Crippen LogP contribution in [0, 0.1) is 0 Å². The lowest BCUT2D eigenvalue weighted by atomic mass is 10.1. The van der Waals surface area contributed by atoms with Crippen LogP contribution in [0.3, 0.4) is 0 Å². The highest BCUT2D eigenvalue weighted by Crippen LogP contribution is 2.69. The van der Waals surface area contributed by atoms with Gasteiger partial charge in [-0.3, -0.25) is 0 Å². The lowest BCUT2D eigenvalue weighted by Crippen LogP contribution is -2.04. The number of hydrogen-bond acceptors (Lipinski definition) is 1. The molecule has 0 saturated carbocycles. The fourth-order valence-corrected chi connectivity index (χ4v) is 6.77. The van der Waals surface area contributed by atoms with Crippen LogP contribution >= 0.6 is 17.7 Å². The molecule has 2 atom stereocenters. The Morgan fingerprint density at radius 2 is 1.35 bits per heavy atom. The maximum absolute atomic E-state index is 12.6. The van der Waals surface area contributed by atoms with Gasteiger partial charge in [-0.2, -0.15) is 0 Å². The lowest BCUT2D eigenvalue weighted by Gasteiger charge is -2.19. The summed E-state index contributed by atoms with van der Waals surface area (Å²) in [6.07, 6.45) is 11.8. The predicted molar refractivity (Wildman–Crippen MR) is 78.6 cm³/mol. The number of rotatable bonds is 8. The summed E-state index contributed by atoms with van der Waals surface area (Å²) in [5.41, 5.74) is 0.671. The Kier molecular flexibility index (Phi) is 7.19. The summed E-state index contributed by atoms with van der Waals surface area (Å²) in [4.78, 5) is 0. The molecule has 1 aliphatic rings. The van der Waals surface area contributed by atoms with Crippen molar-refractivity contribution in [3.05, 3.63) is 0 Å². The second-order valence-corrected chi connectivity index (χ2v) is 9.79. The van der Waals surface area contributed by atoms with Crippen molar-refractivity contribution in [3.8, 4) is 0 Å². The summed E-state index contributed by atoms with van der Waals surface area (Å²) in [6, 6.07) is 0. The van der Waals surface area contributed by atoms with Gasteiger partial charge in [0.1, 0.15) is 0 Å². The molecule has 0 aromatic rings. The number of hydrogen-bond donors (Lipinski definition) is 0. The fourth-order valence-electron chi connectivity index (χ4n) is 2.94. The van der Waals surface area contributed by atoms with E-state index in [1.807, 2.05) is 0 Å². The Labute approximate surface area is 112 Å². The van der Waals surface area contributed by atoms with Gasteiger partial charge in [-0.1, -0.05) is 63.6 Å². The van der Waals surface area contributed by atoms with Crippen LogP contribution in [0.4, 0.5) is 0 Å². The first-order valence-corrected chi connectivity index (χ1v) is 10.2. The zero-order valence-electron chi connectivity index (χ0n) is 11.5. The fraction of sp³-hybridized carbons (Fsp3) is 1.00. The molecule has 1 heterocycles. The molecular formula is C14H28ClOP. The van der Waals surface area contributed by atoms with Crippen LogP contribution in [0.1, 0.15) is 78.1 Å². The zero-order chi connectivity index (χ0) is 12.7. The summed E-state index contributed by atoms with van der Waals surface area (Å²) >= 11 is 6.41. The summed E-state index contributed by atoms with van der Waals surface area (Å²) < 4.78 is 12.6. The Hall–Kier alpha value is 0.520. The van der Waals surface area contributed by atoms with E-state index in [0.717, 1.165) is 25.7 Å². The number of unbranched alkanes of at least 4 members (excludes halogenated alkanes) is 4. The van der Waals surface area contributed by atoms with E-state index in [1.54, 1.807) is 0 Å². The summed E-state index contributed by atoms with van der Waals surface area (Å²) in [5.74, 6) is 0. The third kappa shape index (κ3) is 4.60. The molecule has 0 aromatic heterocycles. The van der Waals surface area contributed by atoms with Crippen LogP contribution in [0.15, 0.2) is 0 Å². The SMILES string of the molecule is CCCCCC1CCC(CCCCC)P1(=O)Cl. The van der Waals surface area contributed by atoms with E-state index >= 15 is 0 Å². The first-order valence-electron chi connectivity index (χ1n) is 7.42. The van der Waals surface area contributed by atoms with Crippen LogP contribution in [-0.2, 0) is 4.57 Å². The van der Waals surface area contributed by atoms with Gasteiger partial charge in [0.25, 0.3) is 0 Å². The molecule has 0 N–H and O–H groups in total. The van der Waals surface area contributed by atoms with Gasteiger partial charge in [0.05, 0.1) is 0 Å². The molecule has 0 aliphatic carbocycles. The molecule has 17 heavy (non-hydrogen) atoms. The van der Waals surface area contributed by atoms with Gasteiger partial charge in [-0.25, -0.2) is 0 Å². The van der Waals surface area contributed by atoms with E-state index < -0.39 is 6.49 Å². The van der Waals surface area contributed by atoms with E-state index in [1.165, 1.54) is 38.5 Å². The maximum Gasteiger partial charge on any atom is 0.175 e.